The minimum atomic E-state index is 0.0922. The molecule has 1 aromatic rings. The summed E-state index contributed by atoms with van der Waals surface area (Å²) in [6.45, 7) is 4.86. The molecule has 2 heterocycles. The summed E-state index contributed by atoms with van der Waals surface area (Å²) in [7, 11) is 0. The Hall–Kier alpha value is -0.710. The van der Waals surface area contributed by atoms with E-state index in [-0.39, 0.29) is 5.60 Å². The summed E-state index contributed by atoms with van der Waals surface area (Å²) in [5, 5.41) is 3.36. The number of benzene rings is 1. The van der Waals surface area contributed by atoms with Crippen molar-refractivity contribution in [1.29, 1.82) is 0 Å². The Morgan fingerprint density at radius 3 is 3.24 bits per heavy atom. The Morgan fingerprint density at radius 2 is 2.43 bits per heavy atom. The van der Waals surface area contributed by atoms with Crippen molar-refractivity contribution in [3.8, 4) is 5.75 Å². The van der Waals surface area contributed by atoms with Gasteiger partial charge in [0.25, 0.3) is 0 Å². The third-order valence-corrected chi connectivity index (χ3v) is 5.52. The lowest BCUT2D eigenvalue weighted by Crippen LogP contribution is -2.43. The van der Waals surface area contributed by atoms with Crippen molar-refractivity contribution in [3.05, 3.63) is 29.8 Å². The molecule has 2 atom stereocenters. The van der Waals surface area contributed by atoms with Crippen LogP contribution >= 0.6 is 11.8 Å². The van der Waals surface area contributed by atoms with E-state index in [4.69, 9.17) is 9.47 Å². The molecule has 2 aliphatic heterocycles. The number of hydrogen-bond donors (Lipinski definition) is 1. The predicted molar refractivity (Wildman–Crippen MR) is 88.1 cm³/mol. The van der Waals surface area contributed by atoms with Gasteiger partial charge in [0.2, 0.25) is 0 Å². The molecule has 3 nitrogen and oxygen atoms in total. The molecule has 2 fully saturated rings. The second-order valence-corrected chi connectivity index (χ2v) is 7.10. The minimum absolute atomic E-state index is 0.0922. The number of ether oxygens (including phenoxy) is 2. The van der Waals surface area contributed by atoms with E-state index in [1.807, 2.05) is 11.8 Å². The highest BCUT2D eigenvalue weighted by Crippen LogP contribution is 2.39. The summed E-state index contributed by atoms with van der Waals surface area (Å²) < 4.78 is 12.3. The zero-order valence-corrected chi connectivity index (χ0v) is 13.6. The van der Waals surface area contributed by atoms with Crippen molar-refractivity contribution in [2.45, 2.75) is 44.4 Å². The summed E-state index contributed by atoms with van der Waals surface area (Å²) in [4.78, 5) is 0. The van der Waals surface area contributed by atoms with Gasteiger partial charge >= 0.3 is 0 Å². The molecule has 4 heteroatoms. The van der Waals surface area contributed by atoms with Gasteiger partial charge in [0.15, 0.2) is 0 Å². The van der Waals surface area contributed by atoms with E-state index in [1.165, 1.54) is 17.7 Å². The van der Waals surface area contributed by atoms with Crippen molar-refractivity contribution in [2.75, 3.05) is 24.7 Å². The van der Waals surface area contributed by atoms with Crippen LogP contribution in [0.25, 0.3) is 0 Å². The van der Waals surface area contributed by atoms with Crippen LogP contribution in [-0.4, -0.2) is 36.4 Å². The third kappa shape index (κ3) is 3.93. The van der Waals surface area contributed by atoms with Crippen LogP contribution in [0.4, 0.5) is 0 Å². The summed E-state index contributed by atoms with van der Waals surface area (Å²) >= 11 is 2.01. The summed E-state index contributed by atoms with van der Waals surface area (Å²) in [5.41, 5.74) is 1.38. The van der Waals surface area contributed by atoms with E-state index in [0.717, 1.165) is 44.0 Å². The van der Waals surface area contributed by atoms with Crippen LogP contribution in [0, 0.1) is 0 Å². The van der Waals surface area contributed by atoms with E-state index < -0.39 is 0 Å². The lowest BCUT2D eigenvalue weighted by Gasteiger charge is -2.37. The van der Waals surface area contributed by atoms with Gasteiger partial charge in [-0.3, -0.25) is 0 Å². The van der Waals surface area contributed by atoms with Gasteiger partial charge in [-0.1, -0.05) is 19.1 Å². The molecular weight excluding hydrogens is 282 g/mol. The zero-order valence-electron chi connectivity index (χ0n) is 12.8. The monoisotopic (exact) mass is 307 g/mol. The molecule has 2 aliphatic rings. The number of rotatable bonds is 5. The number of hydrogen-bond acceptors (Lipinski definition) is 4. The SMILES string of the molecule is CCNCc1cccc(OC2CCOC3(CCSC3)C2)c1. The third-order valence-electron chi connectivity index (χ3n) is 4.30. The van der Waals surface area contributed by atoms with Crippen LogP contribution in [-0.2, 0) is 11.3 Å². The largest absolute Gasteiger partial charge is 0.490 e. The second kappa shape index (κ2) is 7.03. The lowest BCUT2D eigenvalue weighted by atomic mass is 9.91. The summed E-state index contributed by atoms with van der Waals surface area (Å²) in [6.07, 6.45) is 3.52. The van der Waals surface area contributed by atoms with Crippen molar-refractivity contribution >= 4 is 11.8 Å². The first-order valence-electron chi connectivity index (χ1n) is 7.98. The van der Waals surface area contributed by atoms with Crippen LogP contribution in [0.3, 0.4) is 0 Å². The Kier molecular flexibility index (Phi) is 5.09. The highest BCUT2D eigenvalue weighted by molar-refractivity contribution is 7.99. The minimum Gasteiger partial charge on any atom is -0.490 e. The fraction of sp³-hybridized carbons (Fsp3) is 0.647. The van der Waals surface area contributed by atoms with Crippen LogP contribution in [0.5, 0.6) is 5.75 Å². The fourth-order valence-electron chi connectivity index (χ4n) is 3.14. The predicted octanol–water partition coefficient (Wildman–Crippen LogP) is 3.23. The molecule has 2 unspecified atom stereocenters. The number of nitrogens with one attached hydrogen (secondary N) is 1. The molecule has 116 valence electrons. The van der Waals surface area contributed by atoms with E-state index in [0.29, 0.717) is 6.10 Å². The van der Waals surface area contributed by atoms with Crippen molar-refractivity contribution in [2.24, 2.45) is 0 Å². The van der Waals surface area contributed by atoms with E-state index >= 15 is 0 Å². The van der Waals surface area contributed by atoms with E-state index in [9.17, 15) is 0 Å². The highest BCUT2D eigenvalue weighted by Gasteiger charge is 2.41. The molecule has 1 N–H and O–H groups in total. The van der Waals surface area contributed by atoms with Gasteiger partial charge in [0.1, 0.15) is 11.9 Å². The number of thioether (sulfide) groups is 1. The Labute approximate surface area is 131 Å². The van der Waals surface area contributed by atoms with Crippen molar-refractivity contribution in [1.82, 2.24) is 5.32 Å². The topological polar surface area (TPSA) is 30.5 Å². The first kappa shape index (κ1) is 15.2. The molecule has 3 rings (SSSR count). The Balaban J connectivity index is 1.60. The van der Waals surface area contributed by atoms with Gasteiger partial charge in [0, 0.05) is 25.1 Å². The average molecular weight is 307 g/mol. The maximum Gasteiger partial charge on any atom is 0.120 e. The molecule has 0 saturated carbocycles. The highest BCUT2D eigenvalue weighted by atomic mass is 32.2. The van der Waals surface area contributed by atoms with Gasteiger partial charge in [0.05, 0.1) is 12.2 Å². The van der Waals surface area contributed by atoms with Crippen LogP contribution in [0.1, 0.15) is 31.7 Å². The maximum absolute atomic E-state index is 6.25. The van der Waals surface area contributed by atoms with Gasteiger partial charge in [-0.2, -0.15) is 11.8 Å². The Morgan fingerprint density at radius 1 is 1.48 bits per heavy atom. The molecular formula is C17H25NO2S. The van der Waals surface area contributed by atoms with Crippen LogP contribution < -0.4 is 10.1 Å². The van der Waals surface area contributed by atoms with Crippen molar-refractivity contribution < 1.29 is 9.47 Å². The molecule has 21 heavy (non-hydrogen) atoms. The molecule has 1 aromatic carbocycles. The van der Waals surface area contributed by atoms with E-state index in [1.54, 1.807) is 0 Å². The quantitative estimate of drug-likeness (QED) is 0.905. The lowest BCUT2D eigenvalue weighted by molar-refractivity contribution is -0.0959. The Bertz CT molecular complexity index is 460. The molecule has 0 aliphatic carbocycles. The molecule has 0 bridgehead atoms. The zero-order chi connectivity index (χ0) is 14.5. The van der Waals surface area contributed by atoms with Crippen LogP contribution in [0.15, 0.2) is 24.3 Å². The smallest absolute Gasteiger partial charge is 0.120 e. The summed E-state index contributed by atoms with van der Waals surface area (Å²) in [5.74, 6) is 3.36. The second-order valence-electron chi connectivity index (χ2n) is 5.99. The van der Waals surface area contributed by atoms with Gasteiger partial charge in [-0.15, -0.1) is 0 Å². The van der Waals surface area contributed by atoms with Gasteiger partial charge in [-0.25, -0.2) is 0 Å². The molecule has 0 radical (unpaired) electrons. The molecule has 0 aromatic heterocycles. The normalized spacial score (nSPS) is 28.9. The molecule has 2 saturated heterocycles. The van der Waals surface area contributed by atoms with E-state index in [2.05, 4.69) is 36.5 Å². The summed E-state index contributed by atoms with van der Waals surface area (Å²) in [6, 6.07) is 8.46. The average Bonchev–Trinajstić information content (AvgIpc) is 2.93. The van der Waals surface area contributed by atoms with Crippen molar-refractivity contribution in [3.63, 3.8) is 0 Å². The molecule has 1 spiro atoms. The standard InChI is InChI=1S/C17H25NO2S/c1-2-18-12-14-4-3-5-15(10-14)20-16-6-8-19-17(11-16)7-9-21-13-17/h3-5,10,16,18H,2,6-9,11-13H2,1H3. The van der Waals surface area contributed by atoms with Gasteiger partial charge < -0.3 is 14.8 Å². The molecule has 0 amide bonds. The first-order valence-corrected chi connectivity index (χ1v) is 9.13. The first-order chi connectivity index (χ1) is 10.3. The van der Waals surface area contributed by atoms with Crippen LogP contribution in [0.2, 0.25) is 0 Å². The van der Waals surface area contributed by atoms with Gasteiger partial charge in [-0.05, 0) is 36.4 Å². The maximum atomic E-state index is 6.25. The fourth-order valence-corrected chi connectivity index (χ4v) is 4.52.